The third-order valence-electron chi connectivity index (χ3n) is 6.16. The normalized spacial score (nSPS) is 11.8. The molecule has 0 saturated carbocycles. The van der Waals surface area contributed by atoms with Gasteiger partial charge in [0.05, 0.1) is 0 Å². The molecule has 1 heterocycles. The number of benzene rings is 4. The van der Waals surface area contributed by atoms with Crippen LogP contribution in [0, 0.1) is 0 Å². The van der Waals surface area contributed by atoms with Gasteiger partial charge in [0.2, 0.25) is 0 Å². The number of nitrogens with zero attached hydrogens (tertiary/aromatic N) is 1. The molecule has 0 saturated heterocycles. The Morgan fingerprint density at radius 1 is 0.676 bits per heavy atom. The van der Waals surface area contributed by atoms with Crippen LogP contribution in [0.4, 0.5) is 0 Å². The molecule has 0 aliphatic heterocycles. The number of hydrogen-bond donors (Lipinski definition) is 2. The maximum absolute atomic E-state index is 4.22. The number of hydrogen-bond acceptors (Lipinski definition) is 3. The monoisotopic (exact) mass is 443 g/mol. The van der Waals surface area contributed by atoms with Gasteiger partial charge in [-0.05, 0) is 50.6 Å². The van der Waals surface area contributed by atoms with Crippen LogP contribution in [0.3, 0.4) is 0 Å². The molecule has 1 aromatic heterocycles. The Balaban J connectivity index is 1.21. The summed E-state index contributed by atoms with van der Waals surface area (Å²) in [5.41, 5.74) is 5.05. The average molecular weight is 444 g/mol. The summed E-state index contributed by atoms with van der Waals surface area (Å²) in [6, 6.07) is 34.4. The highest BCUT2D eigenvalue weighted by Gasteiger charge is 2.06. The Kier molecular flexibility index (Phi) is 7.05. The van der Waals surface area contributed by atoms with Gasteiger partial charge in [0.15, 0.2) is 0 Å². The molecule has 3 nitrogen and oxygen atoms in total. The fourth-order valence-corrected chi connectivity index (χ4v) is 4.40. The first-order valence-electron chi connectivity index (χ1n) is 11.9. The summed E-state index contributed by atoms with van der Waals surface area (Å²) < 4.78 is 0. The fraction of sp³-hybridized carbons (Fsp3) is 0.129. The van der Waals surface area contributed by atoms with Crippen molar-refractivity contribution in [2.75, 3.05) is 19.6 Å². The Labute approximate surface area is 201 Å². The minimum Gasteiger partial charge on any atom is -0.312 e. The quantitative estimate of drug-likeness (QED) is 0.266. The van der Waals surface area contributed by atoms with Gasteiger partial charge in [0, 0.05) is 44.0 Å². The number of aromatic nitrogens is 1. The molecule has 4 aromatic carbocycles. The van der Waals surface area contributed by atoms with Crippen molar-refractivity contribution in [1.29, 1.82) is 0 Å². The second-order valence-electron chi connectivity index (χ2n) is 8.44. The van der Waals surface area contributed by atoms with Crippen molar-refractivity contribution in [2.24, 2.45) is 0 Å². The lowest BCUT2D eigenvalue weighted by Gasteiger charge is -2.11. The van der Waals surface area contributed by atoms with Crippen LogP contribution in [-0.4, -0.2) is 24.6 Å². The number of pyridine rings is 1. The van der Waals surface area contributed by atoms with Gasteiger partial charge < -0.3 is 10.6 Å². The van der Waals surface area contributed by atoms with E-state index in [4.69, 9.17) is 0 Å². The molecule has 0 spiro atoms. The van der Waals surface area contributed by atoms with Gasteiger partial charge >= 0.3 is 0 Å². The molecule has 0 aliphatic carbocycles. The van der Waals surface area contributed by atoms with Crippen LogP contribution < -0.4 is 10.6 Å². The van der Waals surface area contributed by atoms with Crippen LogP contribution in [0.2, 0.25) is 0 Å². The van der Waals surface area contributed by atoms with E-state index < -0.39 is 0 Å². The van der Waals surface area contributed by atoms with E-state index in [1.54, 1.807) is 0 Å². The van der Waals surface area contributed by atoms with Crippen LogP contribution in [0.1, 0.15) is 16.7 Å². The zero-order valence-corrected chi connectivity index (χ0v) is 19.2. The van der Waals surface area contributed by atoms with E-state index in [1.165, 1.54) is 43.8 Å². The molecule has 34 heavy (non-hydrogen) atoms. The van der Waals surface area contributed by atoms with E-state index in [-0.39, 0.29) is 0 Å². The van der Waals surface area contributed by atoms with Crippen molar-refractivity contribution in [3.8, 4) is 0 Å². The van der Waals surface area contributed by atoms with E-state index >= 15 is 0 Å². The smallest absolute Gasteiger partial charge is 0.0346 e. The number of fused-ring (bicyclic) bond motifs is 2. The van der Waals surface area contributed by atoms with Crippen molar-refractivity contribution in [3.05, 3.63) is 132 Å². The maximum Gasteiger partial charge on any atom is 0.0346 e. The Hall–Kier alpha value is -3.79. The molecular formula is C31H29N3. The van der Waals surface area contributed by atoms with E-state index in [9.17, 15) is 0 Å². The van der Waals surface area contributed by atoms with E-state index in [2.05, 4.69) is 119 Å². The summed E-state index contributed by atoms with van der Waals surface area (Å²) in [5, 5.41) is 12.1. The first-order valence-corrected chi connectivity index (χ1v) is 11.9. The molecule has 5 aromatic rings. The highest BCUT2D eigenvalue weighted by Crippen LogP contribution is 2.26. The molecule has 0 radical (unpaired) electrons. The van der Waals surface area contributed by atoms with Crippen molar-refractivity contribution >= 4 is 27.1 Å². The molecule has 0 fully saturated rings. The summed E-state index contributed by atoms with van der Waals surface area (Å²) in [5.74, 6) is 0. The van der Waals surface area contributed by atoms with Crippen LogP contribution in [0.25, 0.3) is 27.1 Å². The molecule has 0 unspecified atom stereocenters. The maximum atomic E-state index is 4.22. The van der Waals surface area contributed by atoms with Crippen LogP contribution >= 0.6 is 0 Å². The summed E-state index contributed by atoms with van der Waals surface area (Å²) in [6.07, 6.45) is 6.09. The average Bonchev–Trinajstić information content (AvgIpc) is 2.90. The van der Waals surface area contributed by atoms with Gasteiger partial charge in [0.1, 0.15) is 0 Å². The molecular weight excluding hydrogens is 414 g/mol. The second-order valence-corrected chi connectivity index (χ2v) is 8.44. The first-order chi connectivity index (χ1) is 16.9. The molecule has 0 aliphatic rings. The van der Waals surface area contributed by atoms with Crippen molar-refractivity contribution in [2.45, 2.75) is 6.54 Å². The zero-order valence-electron chi connectivity index (χ0n) is 19.2. The van der Waals surface area contributed by atoms with Gasteiger partial charge in [-0.1, -0.05) is 91.0 Å². The third-order valence-corrected chi connectivity index (χ3v) is 6.16. The SMILES string of the molecule is C(/CNCCNCc1cccc2cnccc12)=C(/c1ccccc1)c1ccc2ccccc2c1. The van der Waals surface area contributed by atoms with Crippen LogP contribution in [0.5, 0.6) is 0 Å². The minimum atomic E-state index is 0.818. The van der Waals surface area contributed by atoms with Crippen LogP contribution in [-0.2, 0) is 6.54 Å². The molecule has 2 N–H and O–H groups in total. The Bertz CT molecular complexity index is 1400. The van der Waals surface area contributed by atoms with E-state index in [0.29, 0.717) is 0 Å². The van der Waals surface area contributed by atoms with E-state index in [0.717, 1.165) is 26.2 Å². The van der Waals surface area contributed by atoms with Crippen molar-refractivity contribution in [1.82, 2.24) is 15.6 Å². The van der Waals surface area contributed by atoms with Gasteiger partial charge in [-0.15, -0.1) is 0 Å². The zero-order chi connectivity index (χ0) is 23.0. The predicted molar refractivity (Wildman–Crippen MR) is 144 cm³/mol. The topological polar surface area (TPSA) is 37.0 Å². The summed E-state index contributed by atoms with van der Waals surface area (Å²) in [6.45, 7) is 3.48. The van der Waals surface area contributed by atoms with Crippen molar-refractivity contribution < 1.29 is 0 Å². The third kappa shape index (κ3) is 5.23. The van der Waals surface area contributed by atoms with Crippen LogP contribution in [0.15, 0.2) is 116 Å². The number of nitrogens with one attached hydrogen (secondary N) is 2. The molecule has 5 rings (SSSR count). The highest BCUT2D eigenvalue weighted by atomic mass is 14.9. The van der Waals surface area contributed by atoms with Gasteiger partial charge in [0.25, 0.3) is 0 Å². The lowest BCUT2D eigenvalue weighted by atomic mass is 9.95. The fourth-order valence-electron chi connectivity index (χ4n) is 4.40. The lowest BCUT2D eigenvalue weighted by Crippen LogP contribution is -2.27. The van der Waals surface area contributed by atoms with Gasteiger partial charge in [-0.25, -0.2) is 0 Å². The summed E-state index contributed by atoms with van der Waals surface area (Å²) in [7, 11) is 0. The Morgan fingerprint density at radius 2 is 1.47 bits per heavy atom. The molecule has 0 amide bonds. The predicted octanol–water partition coefficient (Wildman–Crippen LogP) is 6.20. The van der Waals surface area contributed by atoms with Crippen molar-refractivity contribution in [3.63, 3.8) is 0 Å². The first kappa shape index (κ1) is 22.0. The van der Waals surface area contributed by atoms with E-state index in [1.807, 2.05) is 12.4 Å². The Morgan fingerprint density at radius 3 is 2.38 bits per heavy atom. The molecule has 0 bridgehead atoms. The standard InChI is InChI=1S/C31H29N3/c1-2-8-25(9-3-1)30(27-14-13-24-7-4-5-10-26(24)21-27)15-17-32-19-20-34-23-29-12-6-11-28-22-33-18-16-31(28)29/h1-16,18,21-22,32,34H,17,19-20,23H2/b30-15+. The number of rotatable bonds is 9. The lowest BCUT2D eigenvalue weighted by molar-refractivity contribution is 0.637. The summed E-state index contributed by atoms with van der Waals surface area (Å²) in [4.78, 5) is 4.22. The van der Waals surface area contributed by atoms with Gasteiger partial charge in [-0.3, -0.25) is 4.98 Å². The molecule has 168 valence electrons. The highest BCUT2D eigenvalue weighted by molar-refractivity contribution is 5.89. The second kappa shape index (κ2) is 10.9. The minimum absolute atomic E-state index is 0.818. The molecule has 0 atom stereocenters. The summed E-state index contributed by atoms with van der Waals surface area (Å²) >= 11 is 0. The molecule has 3 heteroatoms. The largest absolute Gasteiger partial charge is 0.312 e. The van der Waals surface area contributed by atoms with Gasteiger partial charge in [-0.2, -0.15) is 0 Å².